The van der Waals surface area contributed by atoms with Crippen molar-refractivity contribution in [1.82, 2.24) is 25.2 Å². The first-order chi connectivity index (χ1) is 17.6. The van der Waals surface area contributed by atoms with Crippen molar-refractivity contribution in [3.63, 3.8) is 0 Å². The second-order valence-corrected chi connectivity index (χ2v) is 8.81. The number of aryl methyl sites for hydroxylation is 1. The first-order valence-corrected chi connectivity index (χ1v) is 12.1. The molecule has 0 radical (unpaired) electrons. The van der Waals surface area contributed by atoms with Gasteiger partial charge in [-0.15, -0.1) is 0 Å². The van der Waals surface area contributed by atoms with Crippen molar-refractivity contribution < 1.29 is 4.79 Å². The van der Waals surface area contributed by atoms with Crippen LogP contribution in [-0.4, -0.2) is 51.9 Å². The van der Waals surface area contributed by atoms with Crippen LogP contribution in [0.1, 0.15) is 21.5 Å². The molecule has 8 heteroatoms. The van der Waals surface area contributed by atoms with Gasteiger partial charge in [-0.1, -0.05) is 24.3 Å². The van der Waals surface area contributed by atoms with Crippen LogP contribution in [0.5, 0.6) is 0 Å². The van der Waals surface area contributed by atoms with Crippen LogP contribution >= 0.6 is 0 Å². The summed E-state index contributed by atoms with van der Waals surface area (Å²) in [5, 5.41) is 9.64. The Hall–Kier alpha value is -4.14. The molecule has 2 aromatic heterocycles. The Morgan fingerprint density at radius 1 is 0.944 bits per heavy atom. The normalized spacial score (nSPS) is 13.8. The Morgan fingerprint density at radius 3 is 2.56 bits per heavy atom. The van der Waals surface area contributed by atoms with Gasteiger partial charge >= 0.3 is 0 Å². The van der Waals surface area contributed by atoms with Crippen molar-refractivity contribution in [3.05, 3.63) is 95.8 Å². The fourth-order valence-electron chi connectivity index (χ4n) is 4.12. The third kappa shape index (κ3) is 5.91. The van der Waals surface area contributed by atoms with E-state index in [1.807, 2.05) is 73.7 Å². The summed E-state index contributed by atoms with van der Waals surface area (Å²) in [5.74, 6) is 0.316. The number of carbonyl (C=O) groups excluding carboxylic acids is 1. The summed E-state index contributed by atoms with van der Waals surface area (Å²) in [6.07, 6.45) is 3.44. The number of pyridine rings is 1. The standard InChI is InChI=1S/C28H29N7O/c1-20-5-10-23(18-26(20)34-28-31-13-11-25(33-28)24-4-2-3-12-30-24)32-27(36)22-8-6-21(7-9-22)19-35-16-14-29-15-17-35/h2-13,18,29H,14-17,19H2,1H3,(H,32,36)(H,31,33,34). The van der Waals surface area contributed by atoms with Gasteiger partial charge in [-0.05, 0) is 60.5 Å². The third-order valence-corrected chi connectivity index (χ3v) is 6.16. The van der Waals surface area contributed by atoms with Crippen molar-refractivity contribution in [2.24, 2.45) is 0 Å². The van der Waals surface area contributed by atoms with E-state index in [2.05, 4.69) is 35.8 Å². The van der Waals surface area contributed by atoms with Crippen molar-refractivity contribution >= 4 is 23.2 Å². The van der Waals surface area contributed by atoms with Crippen LogP contribution in [0.4, 0.5) is 17.3 Å². The monoisotopic (exact) mass is 479 g/mol. The maximum absolute atomic E-state index is 12.9. The average Bonchev–Trinajstić information content (AvgIpc) is 2.92. The minimum Gasteiger partial charge on any atom is -0.324 e. The highest BCUT2D eigenvalue weighted by Crippen LogP contribution is 2.24. The van der Waals surface area contributed by atoms with Crippen molar-refractivity contribution in [3.8, 4) is 11.4 Å². The van der Waals surface area contributed by atoms with Gasteiger partial charge in [-0.2, -0.15) is 0 Å². The van der Waals surface area contributed by atoms with E-state index in [-0.39, 0.29) is 5.91 Å². The van der Waals surface area contributed by atoms with Crippen LogP contribution in [0.15, 0.2) is 79.1 Å². The first kappa shape index (κ1) is 23.6. The van der Waals surface area contributed by atoms with Crippen LogP contribution in [0, 0.1) is 6.92 Å². The number of nitrogens with zero attached hydrogens (tertiary/aromatic N) is 4. The number of anilines is 3. The number of nitrogens with one attached hydrogen (secondary N) is 3. The smallest absolute Gasteiger partial charge is 0.255 e. The predicted octanol–water partition coefficient (Wildman–Crippen LogP) is 4.25. The molecule has 1 aliphatic rings. The van der Waals surface area contributed by atoms with Crippen LogP contribution in [-0.2, 0) is 6.54 Å². The fourth-order valence-corrected chi connectivity index (χ4v) is 4.12. The molecule has 4 aromatic rings. The van der Waals surface area contributed by atoms with Crippen LogP contribution in [0.25, 0.3) is 11.4 Å². The van der Waals surface area contributed by atoms with Crippen LogP contribution in [0.3, 0.4) is 0 Å². The second kappa shape index (κ2) is 11.1. The Balaban J connectivity index is 1.25. The summed E-state index contributed by atoms with van der Waals surface area (Å²) in [6.45, 7) is 7.04. The third-order valence-electron chi connectivity index (χ3n) is 6.16. The van der Waals surface area contributed by atoms with Gasteiger partial charge in [0.25, 0.3) is 5.91 Å². The SMILES string of the molecule is Cc1ccc(NC(=O)c2ccc(CN3CCNCC3)cc2)cc1Nc1nccc(-c2ccccn2)n1. The van der Waals surface area contributed by atoms with Crippen molar-refractivity contribution in [2.45, 2.75) is 13.5 Å². The molecule has 3 N–H and O–H groups in total. The summed E-state index contributed by atoms with van der Waals surface area (Å²) in [7, 11) is 0. The van der Waals surface area contributed by atoms with Crippen molar-refractivity contribution in [2.75, 3.05) is 36.8 Å². The quantitative estimate of drug-likeness (QED) is 0.365. The lowest BCUT2D eigenvalue weighted by Crippen LogP contribution is -2.42. The number of rotatable bonds is 7. The molecule has 8 nitrogen and oxygen atoms in total. The zero-order valence-corrected chi connectivity index (χ0v) is 20.2. The topological polar surface area (TPSA) is 95.1 Å². The number of carbonyl (C=O) groups is 1. The number of benzene rings is 2. The van der Waals surface area contributed by atoms with E-state index in [1.165, 1.54) is 5.56 Å². The molecular formula is C28H29N7O. The zero-order chi connectivity index (χ0) is 24.7. The molecule has 182 valence electrons. The maximum atomic E-state index is 12.9. The molecule has 0 saturated carbocycles. The van der Waals surface area contributed by atoms with Crippen LogP contribution in [0.2, 0.25) is 0 Å². The summed E-state index contributed by atoms with van der Waals surface area (Å²) < 4.78 is 0. The van der Waals surface area contributed by atoms with Gasteiger partial charge in [0.1, 0.15) is 0 Å². The molecule has 1 amide bonds. The lowest BCUT2D eigenvalue weighted by atomic mass is 10.1. The molecule has 5 rings (SSSR count). The molecule has 1 saturated heterocycles. The predicted molar refractivity (Wildman–Crippen MR) is 142 cm³/mol. The highest BCUT2D eigenvalue weighted by atomic mass is 16.1. The summed E-state index contributed by atoms with van der Waals surface area (Å²) in [6, 6.07) is 21.1. The zero-order valence-electron chi connectivity index (χ0n) is 20.2. The lowest BCUT2D eigenvalue weighted by Gasteiger charge is -2.27. The first-order valence-electron chi connectivity index (χ1n) is 12.1. The maximum Gasteiger partial charge on any atom is 0.255 e. The number of aromatic nitrogens is 3. The van der Waals surface area contributed by atoms with Gasteiger partial charge in [-0.3, -0.25) is 14.7 Å². The highest BCUT2D eigenvalue weighted by molar-refractivity contribution is 6.04. The summed E-state index contributed by atoms with van der Waals surface area (Å²) in [4.78, 5) is 28.6. The fraction of sp³-hybridized carbons (Fsp3) is 0.214. The van der Waals surface area contributed by atoms with E-state index in [4.69, 9.17) is 0 Å². The molecule has 1 aliphatic heterocycles. The Labute approximate surface area is 210 Å². The lowest BCUT2D eigenvalue weighted by molar-refractivity contribution is 0.102. The van der Waals surface area contributed by atoms with Gasteiger partial charge in [0.05, 0.1) is 11.4 Å². The van der Waals surface area contributed by atoms with E-state index in [0.717, 1.165) is 55.4 Å². The van der Waals surface area contributed by atoms with E-state index >= 15 is 0 Å². The average molecular weight is 480 g/mol. The molecule has 0 bridgehead atoms. The van der Waals surface area contributed by atoms with E-state index < -0.39 is 0 Å². The molecule has 0 spiro atoms. The molecule has 1 fully saturated rings. The largest absolute Gasteiger partial charge is 0.324 e. The highest BCUT2D eigenvalue weighted by Gasteiger charge is 2.12. The molecule has 36 heavy (non-hydrogen) atoms. The van der Waals surface area contributed by atoms with Gasteiger partial charge in [-0.25, -0.2) is 9.97 Å². The number of amides is 1. The molecule has 0 unspecified atom stereocenters. The molecule has 0 aliphatic carbocycles. The Morgan fingerprint density at radius 2 is 1.78 bits per heavy atom. The molecule has 3 heterocycles. The second-order valence-electron chi connectivity index (χ2n) is 8.81. The summed E-state index contributed by atoms with van der Waals surface area (Å²) in [5.41, 5.74) is 5.87. The van der Waals surface area contributed by atoms with E-state index in [9.17, 15) is 4.79 Å². The number of hydrogen-bond donors (Lipinski definition) is 3. The molecule has 2 aromatic carbocycles. The summed E-state index contributed by atoms with van der Waals surface area (Å²) >= 11 is 0. The Bertz CT molecular complexity index is 1320. The molecule has 0 atom stereocenters. The van der Waals surface area contributed by atoms with Gasteiger partial charge in [0.2, 0.25) is 5.95 Å². The van der Waals surface area contributed by atoms with Crippen LogP contribution < -0.4 is 16.0 Å². The number of hydrogen-bond acceptors (Lipinski definition) is 7. The van der Waals surface area contributed by atoms with Gasteiger partial charge in [0, 0.05) is 62.1 Å². The minimum atomic E-state index is -0.146. The Kier molecular flexibility index (Phi) is 7.25. The number of piperazine rings is 1. The van der Waals surface area contributed by atoms with E-state index in [0.29, 0.717) is 17.2 Å². The van der Waals surface area contributed by atoms with E-state index in [1.54, 1.807) is 12.4 Å². The molecular weight excluding hydrogens is 450 g/mol. The van der Waals surface area contributed by atoms with Crippen molar-refractivity contribution in [1.29, 1.82) is 0 Å². The minimum absolute atomic E-state index is 0.146. The van der Waals surface area contributed by atoms with Gasteiger partial charge < -0.3 is 16.0 Å². The van der Waals surface area contributed by atoms with Gasteiger partial charge in [0.15, 0.2) is 0 Å².